The van der Waals surface area contributed by atoms with Crippen LogP contribution in [0.5, 0.6) is 0 Å². The SMILES string of the molecule is C[C@H](NC(=O)CN(C)Cc1ccsc1)c1cc2ccccc2o1. The normalized spacial score (nSPS) is 12.7. The zero-order chi connectivity index (χ0) is 16.2. The van der Waals surface area contributed by atoms with Crippen LogP contribution in [0.3, 0.4) is 0 Å². The number of thiophene rings is 1. The molecule has 0 unspecified atom stereocenters. The molecule has 3 rings (SSSR count). The van der Waals surface area contributed by atoms with Crippen LogP contribution >= 0.6 is 11.3 Å². The molecule has 0 fully saturated rings. The lowest BCUT2D eigenvalue weighted by atomic mass is 10.2. The molecule has 1 N–H and O–H groups in total. The van der Waals surface area contributed by atoms with Gasteiger partial charge in [-0.3, -0.25) is 9.69 Å². The van der Waals surface area contributed by atoms with Gasteiger partial charge in [-0.25, -0.2) is 0 Å². The van der Waals surface area contributed by atoms with E-state index in [0.717, 1.165) is 23.3 Å². The number of benzene rings is 1. The van der Waals surface area contributed by atoms with Gasteiger partial charge in [0.1, 0.15) is 11.3 Å². The van der Waals surface area contributed by atoms with Crippen LogP contribution in [0.25, 0.3) is 11.0 Å². The number of nitrogens with zero attached hydrogens (tertiary/aromatic N) is 1. The summed E-state index contributed by atoms with van der Waals surface area (Å²) in [7, 11) is 1.95. The largest absolute Gasteiger partial charge is 0.459 e. The molecule has 120 valence electrons. The monoisotopic (exact) mass is 328 g/mol. The third-order valence-corrected chi connectivity index (χ3v) is 4.43. The highest BCUT2D eigenvalue weighted by molar-refractivity contribution is 7.07. The second kappa shape index (κ2) is 6.98. The number of para-hydroxylation sites is 1. The second-order valence-corrected chi connectivity index (χ2v) is 6.56. The van der Waals surface area contributed by atoms with Crippen LogP contribution in [0, 0.1) is 0 Å². The van der Waals surface area contributed by atoms with Crippen LogP contribution in [0.4, 0.5) is 0 Å². The number of likely N-dealkylation sites (N-methyl/N-ethyl adjacent to an activating group) is 1. The predicted octanol–water partition coefficient (Wildman–Crippen LogP) is 3.80. The average Bonchev–Trinajstić information content (AvgIpc) is 3.15. The van der Waals surface area contributed by atoms with E-state index in [1.165, 1.54) is 5.56 Å². The van der Waals surface area contributed by atoms with E-state index in [1.54, 1.807) is 11.3 Å². The van der Waals surface area contributed by atoms with Crippen molar-refractivity contribution in [3.63, 3.8) is 0 Å². The van der Waals surface area contributed by atoms with Gasteiger partial charge in [0.05, 0.1) is 12.6 Å². The van der Waals surface area contributed by atoms with Crippen LogP contribution in [0.1, 0.15) is 24.3 Å². The molecule has 0 saturated heterocycles. The summed E-state index contributed by atoms with van der Waals surface area (Å²) >= 11 is 1.67. The Morgan fingerprint density at radius 3 is 2.91 bits per heavy atom. The maximum atomic E-state index is 12.2. The Balaban J connectivity index is 1.56. The summed E-state index contributed by atoms with van der Waals surface area (Å²) in [5, 5.41) is 8.20. The number of carbonyl (C=O) groups is 1. The van der Waals surface area contributed by atoms with E-state index in [1.807, 2.05) is 54.6 Å². The molecular weight excluding hydrogens is 308 g/mol. The molecule has 3 aromatic rings. The van der Waals surface area contributed by atoms with Gasteiger partial charge in [-0.15, -0.1) is 0 Å². The first-order valence-electron chi connectivity index (χ1n) is 7.59. The Labute approximate surface area is 139 Å². The molecule has 2 aromatic heterocycles. The van der Waals surface area contributed by atoms with E-state index in [-0.39, 0.29) is 11.9 Å². The number of furan rings is 1. The van der Waals surface area contributed by atoms with Gasteiger partial charge in [0.15, 0.2) is 0 Å². The molecule has 0 aliphatic carbocycles. The molecule has 0 spiro atoms. The highest BCUT2D eigenvalue weighted by Crippen LogP contribution is 2.23. The summed E-state index contributed by atoms with van der Waals surface area (Å²) in [5.41, 5.74) is 2.08. The zero-order valence-corrected chi connectivity index (χ0v) is 14.1. The molecule has 4 nitrogen and oxygen atoms in total. The van der Waals surface area contributed by atoms with Crippen molar-refractivity contribution in [1.82, 2.24) is 10.2 Å². The van der Waals surface area contributed by atoms with E-state index >= 15 is 0 Å². The van der Waals surface area contributed by atoms with Crippen molar-refractivity contribution in [2.24, 2.45) is 0 Å². The minimum atomic E-state index is -0.149. The quantitative estimate of drug-likeness (QED) is 0.748. The zero-order valence-electron chi connectivity index (χ0n) is 13.3. The summed E-state index contributed by atoms with van der Waals surface area (Å²) < 4.78 is 5.79. The number of amides is 1. The first kappa shape index (κ1) is 15.8. The molecule has 2 heterocycles. The molecule has 0 aliphatic heterocycles. The minimum absolute atomic E-state index is 0.00399. The fraction of sp³-hybridized carbons (Fsp3) is 0.278. The third kappa shape index (κ3) is 4.00. The molecule has 0 saturated carbocycles. The topological polar surface area (TPSA) is 45.5 Å². The lowest BCUT2D eigenvalue weighted by molar-refractivity contribution is -0.122. The standard InChI is InChI=1S/C18H20N2O2S/c1-13(17-9-15-5-3-4-6-16(15)22-17)19-18(21)11-20(2)10-14-7-8-23-12-14/h3-9,12-13H,10-11H2,1-2H3,(H,19,21)/t13-/m0/s1. The van der Waals surface area contributed by atoms with Crippen molar-refractivity contribution in [3.05, 3.63) is 58.5 Å². The minimum Gasteiger partial charge on any atom is -0.459 e. The highest BCUT2D eigenvalue weighted by Gasteiger charge is 2.15. The Morgan fingerprint density at radius 1 is 1.35 bits per heavy atom. The van der Waals surface area contributed by atoms with Gasteiger partial charge in [0.25, 0.3) is 0 Å². The van der Waals surface area contributed by atoms with Crippen molar-refractivity contribution in [1.29, 1.82) is 0 Å². The lowest BCUT2D eigenvalue weighted by Crippen LogP contribution is -2.36. The molecule has 1 atom stereocenters. The van der Waals surface area contributed by atoms with E-state index in [0.29, 0.717) is 6.54 Å². The lowest BCUT2D eigenvalue weighted by Gasteiger charge is -2.17. The fourth-order valence-electron chi connectivity index (χ4n) is 2.57. The van der Waals surface area contributed by atoms with Gasteiger partial charge < -0.3 is 9.73 Å². The maximum Gasteiger partial charge on any atom is 0.234 e. The van der Waals surface area contributed by atoms with E-state index < -0.39 is 0 Å². The van der Waals surface area contributed by atoms with Crippen LogP contribution in [0.2, 0.25) is 0 Å². The smallest absolute Gasteiger partial charge is 0.234 e. The molecular formula is C18H20N2O2S. The molecule has 23 heavy (non-hydrogen) atoms. The first-order valence-corrected chi connectivity index (χ1v) is 8.53. The summed E-state index contributed by atoms with van der Waals surface area (Å²) in [6.07, 6.45) is 0. The molecule has 1 amide bonds. The number of fused-ring (bicyclic) bond motifs is 1. The summed E-state index contributed by atoms with van der Waals surface area (Å²) in [6, 6.07) is 11.8. The molecule has 5 heteroatoms. The molecule has 1 aromatic carbocycles. The number of rotatable bonds is 6. The Bertz CT molecular complexity index is 746. The van der Waals surface area contributed by atoms with E-state index in [9.17, 15) is 4.79 Å². The van der Waals surface area contributed by atoms with Gasteiger partial charge in [-0.1, -0.05) is 18.2 Å². The van der Waals surface area contributed by atoms with Crippen molar-refractivity contribution in [2.45, 2.75) is 19.5 Å². The summed E-state index contributed by atoms with van der Waals surface area (Å²) in [5.74, 6) is 0.774. The average molecular weight is 328 g/mol. The van der Waals surface area contributed by atoms with Gasteiger partial charge in [0.2, 0.25) is 5.91 Å². The number of hydrogen-bond acceptors (Lipinski definition) is 4. The van der Waals surface area contributed by atoms with E-state index in [4.69, 9.17) is 4.42 Å². The van der Waals surface area contributed by atoms with Crippen LogP contribution in [-0.2, 0) is 11.3 Å². The Kier molecular flexibility index (Phi) is 4.79. The van der Waals surface area contributed by atoms with Gasteiger partial charge >= 0.3 is 0 Å². The van der Waals surface area contributed by atoms with Crippen LogP contribution in [-0.4, -0.2) is 24.4 Å². The van der Waals surface area contributed by atoms with Crippen molar-refractivity contribution >= 4 is 28.2 Å². The number of hydrogen-bond donors (Lipinski definition) is 1. The van der Waals surface area contributed by atoms with Gasteiger partial charge in [-0.2, -0.15) is 11.3 Å². The first-order chi connectivity index (χ1) is 11.1. The summed E-state index contributed by atoms with van der Waals surface area (Å²) in [4.78, 5) is 14.2. The van der Waals surface area contributed by atoms with Gasteiger partial charge in [0, 0.05) is 11.9 Å². The highest BCUT2D eigenvalue weighted by atomic mass is 32.1. The molecule has 0 aliphatic rings. The van der Waals surface area contributed by atoms with Crippen molar-refractivity contribution < 1.29 is 9.21 Å². The molecule has 0 radical (unpaired) electrons. The number of nitrogens with one attached hydrogen (secondary N) is 1. The Hall–Kier alpha value is -2.11. The van der Waals surface area contributed by atoms with Gasteiger partial charge in [-0.05, 0) is 48.5 Å². The van der Waals surface area contributed by atoms with E-state index in [2.05, 4.69) is 16.8 Å². The van der Waals surface area contributed by atoms with Crippen LogP contribution < -0.4 is 5.32 Å². The van der Waals surface area contributed by atoms with Crippen molar-refractivity contribution in [2.75, 3.05) is 13.6 Å². The Morgan fingerprint density at radius 2 is 2.17 bits per heavy atom. The van der Waals surface area contributed by atoms with Crippen molar-refractivity contribution in [3.8, 4) is 0 Å². The maximum absolute atomic E-state index is 12.2. The second-order valence-electron chi connectivity index (χ2n) is 5.78. The number of carbonyl (C=O) groups excluding carboxylic acids is 1. The molecule has 0 bridgehead atoms. The predicted molar refractivity (Wildman–Crippen MR) is 93.4 cm³/mol. The third-order valence-electron chi connectivity index (χ3n) is 3.69. The fourth-order valence-corrected chi connectivity index (χ4v) is 3.23. The summed E-state index contributed by atoms with van der Waals surface area (Å²) in [6.45, 7) is 3.07. The van der Waals surface area contributed by atoms with Crippen LogP contribution in [0.15, 0.2) is 51.6 Å².